The van der Waals surface area contributed by atoms with Crippen LogP contribution >= 0.6 is 0 Å². The van der Waals surface area contributed by atoms with Crippen molar-refractivity contribution in [2.24, 2.45) is 0 Å². The molecule has 6 nitrogen and oxygen atoms in total. The number of hydrogen-bond acceptors (Lipinski definition) is 4. The molecule has 0 unspecified atom stereocenters. The molecule has 0 radical (unpaired) electrons. The minimum Gasteiger partial charge on any atom is -0.280 e. The van der Waals surface area contributed by atoms with Crippen LogP contribution in [0.4, 0.5) is 11.4 Å². The van der Waals surface area contributed by atoms with Gasteiger partial charge in [-0.15, -0.1) is 0 Å². The first-order valence-electron chi connectivity index (χ1n) is 8.87. The fourth-order valence-electron chi connectivity index (χ4n) is 2.80. The Kier molecular flexibility index (Phi) is 5.68. The van der Waals surface area contributed by atoms with Gasteiger partial charge in [0.25, 0.3) is 20.0 Å². The lowest BCUT2D eigenvalue weighted by Crippen LogP contribution is -2.15. The molecule has 3 aromatic rings. The average Bonchev–Trinajstić information content (AvgIpc) is 2.65. The van der Waals surface area contributed by atoms with Crippen molar-refractivity contribution < 1.29 is 16.8 Å². The molecule has 152 valence electrons. The lowest BCUT2D eigenvalue weighted by molar-refractivity contribution is 0.600. The van der Waals surface area contributed by atoms with Crippen molar-refractivity contribution in [3.63, 3.8) is 0 Å². The topological polar surface area (TPSA) is 92.3 Å². The lowest BCUT2D eigenvalue weighted by atomic mass is 10.1. The van der Waals surface area contributed by atoms with Gasteiger partial charge in [-0.3, -0.25) is 9.44 Å². The maximum absolute atomic E-state index is 12.7. The van der Waals surface area contributed by atoms with Gasteiger partial charge in [-0.05, 0) is 68.3 Å². The number of anilines is 2. The summed E-state index contributed by atoms with van der Waals surface area (Å²) in [5, 5.41) is 0. The zero-order valence-electron chi connectivity index (χ0n) is 16.3. The molecule has 0 bridgehead atoms. The summed E-state index contributed by atoms with van der Waals surface area (Å²) in [6, 6.07) is 17.5. The quantitative estimate of drug-likeness (QED) is 0.613. The third-order valence-corrected chi connectivity index (χ3v) is 7.23. The second kappa shape index (κ2) is 7.88. The predicted molar refractivity (Wildman–Crippen MR) is 115 cm³/mol. The molecule has 0 heterocycles. The first-order chi connectivity index (χ1) is 13.6. The molecule has 2 N–H and O–H groups in total. The van der Waals surface area contributed by atoms with E-state index in [2.05, 4.69) is 9.44 Å². The third-order valence-electron chi connectivity index (χ3n) is 4.47. The molecule has 8 heteroatoms. The lowest BCUT2D eigenvalue weighted by Gasteiger charge is -2.14. The Labute approximate surface area is 171 Å². The van der Waals surface area contributed by atoms with Gasteiger partial charge in [0.05, 0.1) is 15.5 Å². The second-order valence-corrected chi connectivity index (χ2v) is 10.2. The molecule has 3 aromatic carbocycles. The van der Waals surface area contributed by atoms with Crippen LogP contribution in [0.3, 0.4) is 0 Å². The first-order valence-corrected chi connectivity index (χ1v) is 11.8. The fraction of sp³-hybridized carbons (Fsp3) is 0.143. The maximum atomic E-state index is 12.7. The van der Waals surface area contributed by atoms with Gasteiger partial charge >= 0.3 is 0 Å². The third kappa shape index (κ3) is 4.78. The largest absolute Gasteiger partial charge is 0.280 e. The summed E-state index contributed by atoms with van der Waals surface area (Å²) < 4.78 is 55.4. The van der Waals surface area contributed by atoms with Gasteiger partial charge < -0.3 is 0 Å². The number of nitrogens with one attached hydrogen (secondary N) is 2. The molecule has 3 rings (SSSR count). The number of para-hydroxylation sites is 1. The Morgan fingerprint density at radius 3 is 1.55 bits per heavy atom. The highest BCUT2D eigenvalue weighted by Crippen LogP contribution is 2.24. The van der Waals surface area contributed by atoms with E-state index in [1.54, 1.807) is 12.1 Å². The van der Waals surface area contributed by atoms with Crippen molar-refractivity contribution in [2.45, 2.75) is 30.6 Å². The van der Waals surface area contributed by atoms with Gasteiger partial charge in [0.1, 0.15) is 0 Å². The molecule has 0 saturated carbocycles. The molecular weight excluding hydrogens is 408 g/mol. The highest BCUT2D eigenvalue weighted by Gasteiger charge is 2.18. The van der Waals surface area contributed by atoms with Gasteiger partial charge in [0.2, 0.25) is 0 Å². The van der Waals surface area contributed by atoms with Crippen LogP contribution in [0.5, 0.6) is 0 Å². The van der Waals surface area contributed by atoms with Gasteiger partial charge in [0.15, 0.2) is 0 Å². The monoisotopic (exact) mass is 430 g/mol. The predicted octanol–water partition coefficient (Wildman–Crippen LogP) is 4.21. The highest BCUT2D eigenvalue weighted by atomic mass is 32.2. The van der Waals surface area contributed by atoms with E-state index in [-0.39, 0.29) is 15.5 Å². The number of aryl methyl sites for hydroxylation is 3. The van der Waals surface area contributed by atoms with Gasteiger partial charge in [-0.1, -0.05) is 35.9 Å². The zero-order chi connectivity index (χ0) is 21.2. The smallest absolute Gasteiger partial charge is 0.261 e. The van der Waals surface area contributed by atoms with Crippen molar-refractivity contribution in [3.8, 4) is 0 Å². The SMILES string of the molecule is Cc1ccc(S(=O)(=O)Nc2ccc(S(=O)(=O)Nc3c(C)cccc3C)cc2)cc1. The Morgan fingerprint density at radius 1 is 0.586 bits per heavy atom. The van der Waals surface area contributed by atoms with E-state index in [0.717, 1.165) is 16.7 Å². The average molecular weight is 431 g/mol. The summed E-state index contributed by atoms with van der Waals surface area (Å²) in [4.78, 5) is 0.176. The van der Waals surface area contributed by atoms with Crippen LogP contribution in [-0.4, -0.2) is 16.8 Å². The Bertz CT molecular complexity index is 1210. The summed E-state index contributed by atoms with van der Waals surface area (Å²) in [7, 11) is -7.56. The highest BCUT2D eigenvalue weighted by molar-refractivity contribution is 7.93. The summed E-state index contributed by atoms with van der Waals surface area (Å²) in [6.07, 6.45) is 0. The van der Waals surface area contributed by atoms with Crippen LogP contribution < -0.4 is 9.44 Å². The van der Waals surface area contributed by atoms with Gasteiger partial charge in [0, 0.05) is 5.69 Å². The molecule has 0 aliphatic heterocycles. The van der Waals surface area contributed by atoms with Crippen molar-refractivity contribution in [2.75, 3.05) is 9.44 Å². The number of benzene rings is 3. The summed E-state index contributed by atoms with van der Waals surface area (Å²) in [5.74, 6) is 0. The van der Waals surface area contributed by atoms with E-state index in [1.165, 1.54) is 36.4 Å². The molecule has 29 heavy (non-hydrogen) atoms. The first kappa shape index (κ1) is 20.9. The van der Waals surface area contributed by atoms with E-state index < -0.39 is 20.0 Å². The number of sulfonamides is 2. The molecule has 0 saturated heterocycles. The normalized spacial score (nSPS) is 11.8. The molecule has 0 amide bonds. The van der Waals surface area contributed by atoms with Crippen LogP contribution in [0, 0.1) is 20.8 Å². The van der Waals surface area contributed by atoms with E-state index in [0.29, 0.717) is 5.69 Å². The van der Waals surface area contributed by atoms with E-state index in [9.17, 15) is 16.8 Å². The summed E-state index contributed by atoms with van der Waals surface area (Å²) in [5.41, 5.74) is 3.40. The van der Waals surface area contributed by atoms with Gasteiger partial charge in [-0.2, -0.15) is 0 Å². The van der Waals surface area contributed by atoms with Crippen LogP contribution in [-0.2, 0) is 20.0 Å². The van der Waals surface area contributed by atoms with Crippen molar-refractivity contribution in [3.05, 3.63) is 83.4 Å². The van der Waals surface area contributed by atoms with Crippen molar-refractivity contribution in [1.82, 2.24) is 0 Å². The van der Waals surface area contributed by atoms with Crippen LogP contribution in [0.15, 0.2) is 76.5 Å². The standard InChI is InChI=1S/C21H22N2O4S2/c1-15-7-11-19(12-8-15)28(24,25)22-18-9-13-20(14-10-18)29(26,27)23-21-16(2)5-4-6-17(21)3/h4-14,22-23H,1-3H3. The van der Waals surface area contributed by atoms with Gasteiger partial charge in [-0.25, -0.2) is 16.8 Å². The Balaban J connectivity index is 1.81. The van der Waals surface area contributed by atoms with Crippen molar-refractivity contribution in [1.29, 1.82) is 0 Å². The number of hydrogen-bond donors (Lipinski definition) is 2. The molecule has 0 fully saturated rings. The zero-order valence-corrected chi connectivity index (χ0v) is 17.9. The van der Waals surface area contributed by atoms with Crippen LogP contribution in [0.25, 0.3) is 0 Å². The van der Waals surface area contributed by atoms with E-state index in [4.69, 9.17) is 0 Å². The van der Waals surface area contributed by atoms with Crippen LogP contribution in [0.2, 0.25) is 0 Å². The van der Waals surface area contributed by atoms with Crippen LogP contribution in [0.1, 0.15) is 16.7 Å². The Morgan fingerprint density at radius 2 is 1.03 bits per heavy atom. The maximum Gasteiger partial charge on any atom is 0.261 e. The van der Waals surface area contributed by atoms with E-state index in [1.807, 2.05) is 39.0 Å². The molecule has 0 atom stereocenters. The minimum atomic E-state index is -3.80. The molecular formula is C21H22N2O4S2. The molecule has 0 aliphatic rings. The molecule has 0 aliphatic carbocycles. The minimum absolute atomic E-state index is 0.0402. The van der Waals surface area contributed by atoms with Crippen molar-refractivity contribution >= 4 is 31.4 Å². The summed E-state index contributed by atoms with van der Waals surface area (Å²) in [6.45, 7) is 5.52. The summed E-state index contributed by atoms with van der Waals surface area (Å²) >= 11 is 0. The number of rotatable bonds is 6. The van der Waals surface area contributed by atoms with E-state index >= 15 is 0 Å². The Hall–Kier alpha value is -2.84. The molecule has 0 aromatic heterocycles. The second-order valence-electron chi connectivity index (χ2n) is 6.82. The molecule has 0 spiro atoms. The fourth-order valence-corrected chi connectivity index (χ4v) is 5.06.